The van der Waals surface area contributed by atoms with Crippen LogP contribution in [0, 0.1) is 0 Å². The number of phenols is 1. The highest BCUT2D eigenvalue weighted by Gasteiger charge is 2.04. The molecule has 0 saturated carbocycles. The van der Waals surface area contributed by atoms with E-state index in [0.29, 0.717) is 11.6 Å². The Morgan fingerprint density at radius 3 is 2.74 bits per heavy atom. The van der Waals surface area contributed by atoms with Gasteiger partial charge in [-0.25, -0.2) is 4.98 Å². The summed E-state index contributed by atoms with van der Waals surface area (Å²) in [6.45, 7) is 0.655. The first kappa shape index (κ1) is 12.3. The summed E-state index contributed by atoms with van der Waals surface area (Å²) in [5, 5.41) is 14.2. The fourth-order valence-electron chi connectivity index (χ4n) is 1.78. The number of aromatic nitrogens is 1. The second-order valence-corrected chi connectivity index (χ2v) is 5.67. The fourth-order valence-corrected chi connectivity index (χ4v) is 2.83. The molecule has 19 heavy (non-hydrogen) atoms. The average Bonchev–Trinajstić information content (AvgIpc) is 2.80. The maximum Gasteiger partial charge on any atom is 0.115 e. The SMILES string of the molecule is Oc1ccc(NCc2nc3cc(Cl)ccc3s2)cc1. The maximum atomic E-state index is 9.21. The van der Waals surface area contributed by atoms with Gasteiger partial charge < -0.3 is 10.4 Å². The average molecular weight is 291 g/mol. The van der Waals surface area contributed by atoms with Crippen LogP contribution in [0.1, 0.15) is 5.01 Å². The lowest BCUT2D eigenvalue weighted by atomic mass is 10.3. The molecule has 3 aromatic rings. The van der Waals surface area contributed by atoms with Crippen LogP contribution in [-0.2, 0) is 6.54 Å². The molecule has 0 aliphatic rings. The molecule has 3 nitrogen and oxygen atoms in total. The Hall–Kier alpha value is -1.78. The van der Waals surface area contributed by atoms with E-state index in [1.54, 1.807) is 23.5 Å². The lowest BCUT2D eigenvalue weighted by Gasteiger charge is -2.03. The molecule has 0 bridgehead atoms. The van der Waals surface area contributed by atoms with Gasteiger partial charge in [0.2, 0.25) is 0 Å². The second-order valence-electron chi connectivity index (χ2n) is 4.12. The summed E-state index contributed by atoms with van der Waals surface area (Å²) in [6, 6.07) is 12.7. The van der Waals surface area contributed by atoms with Crippen LogP contribution in [0.2, 0.25) is 5.02 Å². The Balaban J connectivity index is 1.76. The van der Waals surface area contributed by atoms with Gasteiger partial charge in [-0.2, -0.15) is 0 Å². The van der Waals surface area contributed by atoms with E-state index in [0.717, 1.165) is 20.9 Å². The Labute approximate surface area is 119 Å². The number of nitrogens with zero attached hydrogens (tertiary/aromatic N) is 1. The highest BCUT2D eigenvalue weighted by atomic mass is 35.5. The molecule has 2 N–H and O–H groups in total. The van der Waals surface area contributed by atoms with Crippen LogP contribution < -0.4 is 5.32 Å². The molecule has 0 amide bonds. The third-order valence-corrected chi connectivity index (χ3v) is 3.98. The van der Waals surface area contributed by atoms with Crippen molar-refractivity contribution in [2.45, 2.75) is 6.54 Å². The lowest BCUT2D eigenvalue weighted by molar-refractivity contribution is 0.475. The zero-order valence-corrected chi connectivity index (χ0v) is 11.5. The molecule has 0 radical (unpaired) electrons. The van der Waals surface area contributed by atoms with Gasteiger partial charge >= 0.3 is 0 Å². The summed E-state index contributed by atoms with van der Waals surface area (Å²) in [5.74, 6) is 0.264. The second kappa shape index (κ2) is 5.07. The lowest BCUT2D eigenvalue weighted by Crippen LogP contribution is -1.98. The molecule has 0 atom stereocenters. The predicted molar refractivity (Wildman–Crippen MR) is 80.1 cm³/mol. The number of benzene rings is 2. The molecular weight excluding hydrogens is 280 g/mol. The number of hydrogen-bond donors (Lipinski definition) is 2. The fraction of sp³-hybridized carbons (Fsp3) is 0.0714. The van der Waals surface area contributed by atoms with Crippen LogP contribution in [0.3, 0.4) is 0 Å². The standard InChI is InChI=1S/C14H11ClN2OS/c15-9-1-6-13-12(7-9)17-14(19-13)8-16-10-2-4-11(18)5-3-10/h1-7,16,18H,8H2. The van der Waals surface area contributed by atoms with Gasteiger partial charge in [0.1, 0.15) is 10.8 Å². The van der Waals surface area contributed by atoms with Crippen molar-refractivity contribution in [3.63, 3.8) is 0 Å². The summed E-state index contributed by atoms with van der Waals surface area (Å²) in [5.41, 5.74) is 1.88. The number of thiazole rings is 1. The molecule has 96 valence electrons. The molecule has 3 rings (SSSR count). The zero-order chi connectivity index (χ0) is 13.2. The van der Waals surface area contributed by atoms with Gasteiger partial charge in [-0.05, 0) is 42.5 Å². The van der Waals surface area contributed by atoms with Crippen molar-refractivity contribution in [3.8, 4) is 5.75 Å². The van der Waals surface area contributed by atoms with E-state index in [2.05, 4.69) is 10.3 Å². The van der Waals surface area contributed by atoms with Gasteiger partial charge in [0.05, 0.1) is 16.8 Å². The Morgan fingerprint density at radius 1 is 1.16 bits per heavy atom. The third kappa shape index (κ3) is 2.80. The van der Waals surface area contributed by atoms with E-state index in [1.165, 1.54) is 0 Å². The monoisotopic (exact) mass is 290 g/mol. The Morgan fingerprint density at radius 2 is 1.95 bits per heavy atom. The van der Waals surface area contributed by atoms with Gasteiger partial charge in [-0.3, -0.25) is 0 Å². The minimum atomic E-state index is 0.264. The largest absolute Gasteiger partial charge is 0.508 e. The first-order valence-electron chi connectivity index (χ1n) is 5.78. The quantitative estimate of drug-likeness (QED) is 0.708. The van der Waals surface area contributed by atoms with Gasteiger partial charge in [0.25, 0.3) is 0 Å². The highest BCUT2D eigenvalue weighted by Crippen LogP contribution is 2.25. The minimum absolute atomic E-state index is 0.264. The van der Waals surface area contributed by atoms with E-state index < -0.39 is 0 Å². The Kier molecular flexibility index (Phi) is 3.27. The zero-order valence-electron chi connectivity index (χ0n) is 9.93. The number of aromatic hydroxyl groups is 1. The van der Waals surface area contributed by atoms with Crippen LogP contribution in [0.15, 0.2) is 42.5 Å². The van der Waals surface area contributed by atoms with Crippen LogP contribution in [0.25, 0.3) is 10.2 Å². The van der Waals surface area contributed by atoms with E-state index in [9.17, 15) is 5.11 Å². The minimum Gasteiger partial charge on any atom is -0.508 e. The van der Waals surface area contributed by atoms with Crippen LogP contribution in [0.4, 0.5) is 5.69 Å². The van der Waals surface area contributed by atoms with E-state index >= 15 is 0 Å². The molecule has 0 aliphatic carbocycles. The van der Waals surface area contributed by atoms with Crippen molar-refractivity contribution in [1.29, 1.82) is 0 Å². The molecule has 1 aromatic heterocycles. The van der Waals surface area contributed by atoms with Gasteiger partial charge in [-0.15, -0.1) is 11.3 Å². The molecule has 0 fully saturated rings. The van der Waals surface area contributed by atoms with Crippen molar-refractivity contribution >= 4 is 38.8 Å². The maximum absolute atomic E-state index is 9.21. The van der Waals surface area contributed by atoms with Crippen LogP contribution in [-0.4, -0.2) is 10.1 Å². The van der Waals surface area contributed by atoms with Crippen molar-refractivity contribution in [3.05, 3.63) is 52.5 Å². The molecule has 1 heterocycles. The van der Waals surface area contributed by atoms with Gasteiger partial charge in [0.15, 0.2) is 0 Å². The number of anilines is 1. The third-order valence-electron chi connectivity index (χ3n) is 2.70. The Bertz CT molecular complexity index is 709. The smallest absolute Gasteiger partial charge is 0.115 e. The molecular formula is C14H11ClN2OS. The number of halogens is 1. The van der Waals surface area contributed by atoms with E-state index in [4.69, 9.17) is 11.6 Å². The summed E-state index contributed by atoms with van der Waals surface area (Å²) in [7, 11) is 0. The van der Waals surface area contributed by atoms with E-state index in [-0.39, 0.29) is 5.75 Å². The molecule has 2 aromatic carbocycles. The van der Waals surface area contributed by atoms with Crippen molar-refractivity contribution in [1.82, 2.24) is 4.98 Å². The van der Waals surface area contributed by atoms with Gasteiger partial charge in [0, 0.05) is 10.7 Å². The molecule has 0 spiro atoms. The molecule has 5 heteroatoms. The van der Waals surface area contributed by atoms with Crippen molar-refractivity contribution < 1.29 is 5.11 Å². The highest BCUT2D eigenvalue weighted by molar-refractivity contribution is 7.18. The van der Waals surface area contributed by atoms with E-state index in [1.807, 2.05) is 30.3 Å². The van der Waals surface area contributed by atoms with Crippen molar-refractivity contribution in [2.75, 3.05) is 5.32 Å². The summed E-state index contributed by atoms with van der Waals surface area (Å²) < 4.78 is 1.13. The van der Waals surface area contributed by atoms with Crippen LogP contribution >= 0.6 is 22.9 Å². The first-order chi connectivity index (χ1) is 9.20. The number of nitrogens with one attached hydrogen (secondary N) is 1. The molecule has 0 unspecified atom stereocenters. The number of fused-ring (bicyclic) bond motifs is 1. The number of phenolic OH excluding ortho intramolecular Hbond substituents is 1. The summed E-state index contributed by atoms with van der Waals surface area (Å²) in [4.78, 5) is 4.53. The topological polar surface area (TPSA) is 45.1 Å². The normalized spacial score (nSPS) is 10.8. The number of rotatable bonds is 3. The molecule has 0 saturated heterocycles. The molecule has 0 aliphatic heterocycles. The number of hydrogen-bond acceptors (Lipinski definition) is 4. The van der Waals surface area contributed by atoms with Crippen molar-refractivity contribution in [2.24, 2.45) is 0 Å². The summed E-state index contributed by atoms with van der Waals surface area (Å²) in [6.07, 6.45) is 0. The van der Waals surface area contributed by atoms with Crippen LogP contribution in [0.5, 0.6) is 5.75 Å². The van der Waals surface area contributed by atoms with Gasteiger partial charge in [-0.1, -0.05) is 11.6 Å². The first-order valence-corrected chi connectivity index (χ1v) is 6.98. The summed E-state index contributed by atoms with van der Waals surface area (Å²) >= 11 is 7.59. The predicted octanol–water partition coefficient (Wildman–Crippen LogP) is 4.27.